The number of nitrogens with two attached hydrogens (primary N) is 1. The molecule has 1 heterocycles. The number of nitrogens with one attached hydrogen (secondary N) is 2. The van der Waals surface area contributed by atoms with Gasteiger partial charge in [-0.15, -0.1) is 0 Å². The Labute approximate surface area is 90.2 Å². The van der Waals surface area contributed by atoms with E-state index in [9.17, 15) is 13.2 Å². The van der Waals surface area contributed by atoms with E-state index in [1.54, 1.807) is 6.92 Å². The van der Waals surface area contributed by atoms with Gasteiger partial charge in [-0.3, -0.25) is 5.41 Å². The molecule has 4 N–H and O–H groups in total. The summed E-state index contributed by atoms with van der Waals surface area (Å²) in [5, 5.41) is 9.84. The van der Waals surface area contributed by atoms with Crippen LogP contribution in [0.3, 0.4) is 0 Å². The summed E-state index contributed by atoms with van der Waals surface area (Å²) in [6, 6.07) is 1.94. The third kappa shape index (κ3) is 2.62. The molecule has 1 aromatic heterocycles. The molecule has 1 aromatic rings. The highest BCUT2D eigenvalue weighted by Crippen LogP contribution is 2.29. The van der Waals surface area contributed by atoms with Crippen LogP contribution in [0, 0.1) is 5.41 Å². The lowest BCUT2D eigenvalue weighted by atomic mass is 10.2. The molecule has 0 aliphatic carbocycles. The van der Waals surface area contributed by atoms with Crippen molar-refractivity contribution in [2.24, 2.45) is 5.73 Å². The first-order valence-corrected chi connectivity index (χ1v) is 4.52. The number of hydrogen-bond donors (Lipinski definition) is 3. The summed E-state index contributed by atoms with van der Waals surface area (Å²) in [4.78, 5) is 3.40. The maximum Gasteiger partial charge on any atom is 0.433 e. The molecule has 0 aromatic carbocycles. The summed E-state index contributed by atoms with van der Waals surface area (Å²) in [6.07, 6.45) is -4.50. The second kappa shape index (κ2) is 4.38. The van der Waals surface area contributed by atoms with Gasteiger partial charge in [0.2, 0.25) is 0 Å². The fraction of sp³-hybridized carbons (Fsp3) is 0.333. The lowest BCUT2D eigenvalue weighted by Gasteiger charge is -2.12. The molecule has 0 atom stereocenters. The largest absolute Gasteiger partial charge is 0.433 e. The molecule has 0 radical (unpaired) electrons. The average Bonchev–Trinajstić information content (AvgIpc) is 2.16. The van der Waals surface area contributed by atoms with Crippen LogP contribution in [0.15, 0.2) is 12.1 Å². The first-order valence-electron chi connectivity index (χ1n) is 4.52. The van der Waals surface area contributed by atoms with Gasteiger partial charge in [-0.1, -0.05) is 0 Å². The Balaban J connectivity index is 3.22. The van der Waals surface area contributed by atoms with Crippen molar-refractivity contribution >= 4 is 11.7 Å². The highest BCUT2D eigenvalue weighted by atomic mass is 19.4. The second-order valence-electron chi connectivity index (χ2n) is 3.03. The number of amidine groups is 1. The molecule has 0 aliphatic heterocycles. The van der Waals surface area contributed by atoms with Gasteiger partial charge >= 0.3 is 6.18 Å². The molecule has 0 unspecified atom stereocenters. The number of nitrogens with zero attached hydrogens (tertiary/aromatic N) is 1. The molecule has 0 saturated carbocycles. The molecule has 16 heavy (non-hydrogen) atoms. The van der Waals surface area contributed by atoms with Crippen molar-refractivity contribution in [2.75, 3.05) is 11.9 Å². The van der Waals surface area contributed by atoms with E-state index in [0.29, 0.717) is 6.54 Å². The van der Waals surface area contributed by atoms with Crippen LogP contribution in [-0.4, -0.2) is 17.4 Å². The van der Waals surface area contributed by atoms with Crippen LogP contribution in [0.4, 0.5) is 19.0 Å². The van der Waals surface area contributed by atoms with E-state index >= 15 is 0 Å². The third-order valence-corrected chi connectivity index (χ3v) is 1.82. The lowest BCUT2D eigenvalue weighted by molar-refractivity contribution is -0.141. The monoisotopic (exact) mass is 232 g/mol. The number of nitrogen functional groups attached to an aromatic ring is 1. The maximum atomic E-state index is 12.4. The minimum Gasteiger partial charge on any atom is -0.384 e. The predicted molar refractivity (Wildman–Crippen MR) is 54.4 cm³/mol. The van der Waals surface area contributed by atoms with E-state index in [-0.39, 0.29) is 17.2 Å². The summed E-state index contributed by atoms with van der Waals surface area (Å²) in [5.41, 5.74) is 4.38. The van der Waals surface area contributed by atoms with E-state index < -0.39 is 11.9 Å². The predicted octanol–water partition coefficient (Wildman–Crippen LogP) is 1.82. The summed E-state index contributed by atoms with van der Waals surface area (Å²) in [6.45, 7) is 2.11. The van der Waals surface area contributed by atoms with Gasteiger partial charge in [0.25, 0.3) is 0 Å². The molecule has 7 heteroatoms. The quantitative estimate of drug-likeness (QED) is 0.549. The zero-order valence-corrected chi connectivity index (χ0v) is 8.52. The SMILES string of the molecule is CCNc1nc(C(F)(F)F)ccc1C(=N)N. The number of hydrogen-bond acceptors (Lipinski definition) is 3. The van der Waals surface area contributed by atoms with Crippen LogP contribution in [-0.2, 0) is 6.18 Å². The highest BCUT2D eigenvalue weighted by Gasteiger charge is 2.33. The van der Waals surface area contributed by atoms with Crippen molar-refractivity contribution in [3.8, 4) is 0 Å². The van der Waals surface area contributed by atoms with Crippen molar-refractivity contribution in [2.45, 2.75) is 13.1 Å². The van der Waals surface area contributed by atoms with Crippen molar-refractivity contribution in [3.05, 3.63) is 23.4 Å². The van der Waals surface area contributed by atoms with Gasteiger partial charge in [0.05, 0.1) is 5.56 Å². The van der Waals surface area contributed by atoms with Crippen molar-refractivity contribution < 1.29 is 13.2 Å². The highest BCUT2D eigenvalue weighted by molar-refractivity contribution is 5.99. The Morgan fingerprint density at radius 2 is 2.12 bits per heavy atom. The Morgan fingerprint density at radius 3 is 2.56 bits per heavy atom. The van der Waals surface area contributed by atoms with Crippen LogP contribution in [0.5, 0.6) is 0 Å². The Bertz CT molecular complexity index is 400. The van der Waals surface area contributed by atoms with Gasteiger partial charge in [0.1, 0.15) is 17.3 Å². The molecule has 0 saturated heterocycles. The number of halogens is 3. The number of alkyl halides is 3. The average molecular weight is 232 g/mol. The Morgan fingerprint density at radius 1 is 1.50 bits per heavy atom. The number of anilines is 1. The normalized spacial score (nSPS) is 11.2. The van der Waals surface area contributed by atoms with Gasteiger partial charge in [0.15, 0.2) is 0 Å². The first-order chi connectivity index (χ1) is 7.36. The Hall–Kier alpha value is -1.79. The molecule has 0 amide bonds. The van der Waals surface area contributed by atoms with Crippen LogP contribution >= 0.6 is 0 Å². The molecular formula is C9H11F3N4. The first kappa shape index (κ1) is 12.3. The van der Waals surface area contributed by atoms with E-state index in [1.165, 1.54) is 0 Å². The molecule has 0 fully saturated rings. The van der Waals surface area contributed by atoms with E-state index in [4.69, 9.17) is 11.1 Å². The number of aromatic nitrogens is 1. The minimum absolute atomic E-state index is 0.0233. The standard InChI is InChI=1S/C9H11F3N4/c1-2-15-8-5(7(13)14)3-4-6(16-8)9(10,11)12/h3-4H,2H2,1H3,(H3,13,14)(H,15,16). The fourth-order valence-electron chi connectivity index (χ4n) is 1.14. The maximum absolute atomic E-state index is 12.4. The summed E-state index contributed by atoms with van der Waals surface area (Å²) >= 11 is 0. The smallest absolute Gasteiger partial charge is 0.384 e. The van der Waals surface area contributed by atoms with Crippen molar-refractivity contribution in [1.29, 1.82) is 5.41 Å². The topological polar surface area (TPSA) is 74.8 Å². The van der Waals surface area contributed by atoms with Crippen LogP contribution < -0.4 is 11.1 Å². The number of pyridine rings is 1. The second-order valence-corrected chi connectivity index (χ2v) is 3.03. The van der Waals surface area contributed by atoms with E-state index in [1.807, 2.05) is 0 Å². The van der Waals surface area contributed by atoms with Crippen LogP contribution in [0.25, 0.3) is 0 Å². The van der Waals surface area contributed by atoms with E-state index in [0.717, 1.165) is 12.1 Å². The summed E-state index contributed by atoms with van der Waals surface area (Å²) in [5.74, 6) is -0.345. The zero-order chi connectivity index (χ0) is 12.3. The van der Waals surface area contributed by atoms with E-state index in [2.05, 4.69) is 10.3 Å². The molecule has 4 nitrogen and oxygen atoms in total. The molecule has 0 aliphatic rings. The summed E-state index contributed by atoms with van der Waals surface area (Å²) in [7, 11) is 0. The third-order valence-electron chi connectivity index (χ3n) is 1.82. The molecule has 88 valence electrons. The van der Waals surface area contributed by atoms with Gasteiger partial charge in [0, 0.05) is 6.54 Å². The van der Waals surface area contributed by atoms with Crippen LogP contribution in [0.2, 0.25) is 0 Å². The molecule has 1 rings (SSSR count). The van der Waals surface area contributed by atoms with Crippen molar-refractivity contribution in [3.63, 3.8) is 0 Å². The van der Waals surface area contributed by atoms with Gasteiger partial charge in [-0.25, -0.2) is 4.98 Å². The minimum atomic E-state index is -4.50. The van der Waals surface area contributed by atoms with Gasteiger partial charge in [-0.05, 0) is 19.1 Å². The molecule has 0 bridgehead atoms. The van der Waals surface area contributed by atoms with Crippen molar-refractivity contribution in [1.82, 2.24) is 4.98 Å². The Kier molecular flexibility index (Phi) is 3.36. The summed E-state index contributed by atoms with van der Waals surface area (Å²) < 4.78 is 37.1. The number of rotatable bonds is 3. The van der Waals surface area contributed by atoms with Gasteiger partial charge < -0.3 is 11.1 Å². The zero-order valence-electron chi connectivity index (χ0n) is 8.52. The van der Waals surface area contributed by atoms with Gasteiger partial charge in [-0.2, -0.15) is 13.2 Å². The molecule has 0 spiro atoms. The fourth-order valence-corrected chi connectivity index (χ4v) is 1.14. The molecular weight excluding hydrogens is 221 g/mol. The van der Waals surface area contributed by atoms with Crippen LogP contribution in [0.1, 0.15) is 18.2 Å². The lowest BCUT2D eigenvalue weighted by Crippen LogP contribution is -2.18.